The van der Waals surface area contributed by atoms with Crippen molar-refractivity contribution in [2.45, 2.75) is 63.8 Å². The molecule has 192 valence electrons. The van der Waals surface area contributed by atoms with Crippen LogP contribution in [0.3, 0.4) is 0 Å². The zero-order valence-electron chi connectivity index (χ0n) is 20.8. The number of fused-ring (bicyclic) bond motifs is 1. The lowest BCUT2D eigenvalue weighted by molar-refractivity contribution is -0.144. The molecule has 0 aromatic heterocycles. The Morgan fingerprint density at radius 3 is 2.44 bits per heavy atom. The van der Waals surface area contributed by atoms with Crippen molar-refractivity contribution in [1.29, 1.82) is 0 Å². The molecule has 7 heteroatoms. The fraction of sp³-hybridized carbons (Fsp3) is 0.483. The predicted octanol–water partition coefficient (Wildman–Crippen LogP) is 5.07. The number of carbonyl (C=O) groups is 3. The second-order valence-corrected chi connectivity index (χ2v) is 9.87. The molecular weight excluding hydrogens is 456 g/mol. The molecule has 0 bridgehead atoms. The molecule has 0 spiro atoms. The Labute approximate surface area is 213 Å². The summed E-state index contributed by atoms with van der Waals surface area (Å²) in [5.74, 6) is -0.735. The molecule has 0 saturated heterocycles. The highest BCUT2D eigenvalue weighted by atomic mass is 16.6. The summed E-state index contributed by atoms with van der Waals surface area (Å²) in [6.45, 7) is 0.164. The molecule has 2 aliphatic rings. The van der Waals surface area contributed by atoms with Gasteiger partial charge in [0.25, 0.3) is 0 Å². The Balaban J connectivity index is 1.43. The summed E-state index contributed by atoms with van der Waals surface area (Å²) in [7, 11) is 0. The van der Waals surface area contributed by atoms with Crippen LogP contribution in [0.2, 0.25) is 0 Å². The molecule has 36 heavy (non-hydrogen) atoms. The van der Waals surface area contributed by atoms with Crippen molar-refractivity contribution >= 4 is 23.7 Å². The van der Waals surface area contributed by atoms with E-state index in [9.17, 15) is 19.5 Å². The third-order valence-electron chi connectivity index (χ3n) is 7.32. The number of carboxylic acid groups (broad SMARTS) is 1. The average Bonchev–Trinajstić information content (AvgIpc) is 3.29. The number of hydrogen-bond acceptors (Lipinski definition) is 4. The molecule has 1 N–H and O–H groups in total. The predicted molar refractivity (Wildman–Crippen MR) is 138 cm³/mol. The maximum atomic E-state index is 13.6. The topological polar surface area (TPSA) is 87.2 Å². The van der Waals surface area contributed by atoms with Crippen LogP contribution in [0.15, 0.2) is 54.6 Å². The molecule has 1 aliphatic heterocycles. The van der Waals surface area contributed by atoms with Gasteiger partial charge in [-0.05, 0) is 42.4 Å². The van der Waals surface area contributed by atoms with Gasteiger partial charge in [0, 0.05) is 13.0 Å². The quantitative estimate of drug-likeness (QED) is 0.468. The van der Waals surface area contributed by atoms with Gasteiger partial charge in [0.1, 0.15) is 12.6 Å². The second-order valence-electron chi connectivity index (χ2n) is 9.87. The van der Waals surface area contributed by atoms with Gasteiger partial charge in [-0.15, -0.1) is 0 Å². The van der Waals surface area contributed by atoms with E-state index in [-0.39, 0.29) is 12.5 Å². The number of amides is 2. The van der Waals surface area contributed by atoms with Crippen LogP contribution in [0.1, 0.15) is 56.1 Å². The van der Waals surface area contributed by atoms with Gasteiger partial charge >= 0.3 is 12.1 Å². The summed E-state index contributed by atoms with van der Waals surface area (Å²) < 4.78 is 5.64. The second kappa shape index (κ2) is 12.6. The number of para-hydroxylation sites is 1. The van der Waals surface area contributed by atoms with Crippen molar-refractivity contribution in [3.05, 3.63) is 65.7 Å². The molecule has 1 atom stereocenters. The number of anilines is 1. The minimum absolute atomic E-state index is 0.256. The summed E-state index contributed by atoms with van der Waals surface area (Å²) in [5.41, 5.74) is 2.56. The van der Waals surface area contributed by atoms with E-state index in [0.29, 0.717) is 31.1 Å². The van der Waals surface area contributed by atoms with Crippen molar-refractivity contribution in [1.82, 2.24) is 4.90 Å². The van der Waals surface area contributed by atoms with Gasteiger partial charge in [0.15, 0.2) is 0 Å². The molecule has 2 aromatic carbocycles. The van der Waals surface area contributed by atoms with E-state index < -0.39 is 24.6 Å². The van der Waals surface area contributed by atoms with E-state index in [2.05, 4.69) is 0 Å². The number of benzene rings is 2. The van der Waals surface area contributed by atoms with Crippen LogP contribution in [0, 0.1) is 5.92 Å². The smallest absolute Gasteiger partial charge is 0.415 e. The Morgan fingerprint density at radius 1 is 0.972 bits per heavy atom. The van der Waals surface area contributed by atoms with E-state index in [0.717, 1.165) is 24.0 Å². The van der Waals surface area contributed by atoms with Crippen molar-refractivity contribution in [2.24, 2.45) is 5.92 Å². The van der Waals surface area contributed by atoms with Crippen LogP contribution >= 0.6 is 0 Å². The molecule has 1 saturated carbocycles. The first-order chi connectivity index (χ1) is 17.5. The first-order valence-electron chi connectivity index (χ1n) is 13.1. The first kappa shape index (κ1) is 25.7. The third-order valence-corrected chi connectivity index (χ3v) is 7.32. The molecule has 1 fully saturated rings. The Kier molecular flexibility index (Phi) is 8.98. The highest BCUT2D eigenvalue weighted by Gasteiger charge is 2.41. The summed E-state index contributed by atoms with van der Waals surface area (Å²) in [6.07, 6.45) is 8.61. The number of hydrogen-bond donors (Lipinski definition) is 1. The van der Waals surface area contributed by atoms with Crippen LogP contribution < -0.4 is 4.90 Å². The Bertz CT molecular complexity index is 1030. The molecular formula is C29H36N2O5. The van der Waals surface area contributed by atoms with Crippen molar-refractivity contribution in [3.8, 4) is 0 Å². The fourth-order valence-corrected chi connectivity index (χ4v) is 5.44. The van der Waals surface area contributed by atoms with Gasteiger partial charge in [0.2, 0.25) is 5.91 Å². The van der Waals surface area contributed by atoms with Crippen LogP contribution in [0.25, 0.3) is 0 Å². The van der Waals surface area contributed by atoms with Gasteiger partial charge in [-0.3, -0.25) is 14.5 Å². The lowest BCUT2D eigenvalue weighted by atomic mass is 9.86. The van der Waals surface area contributed by atoms with Crippen molar-refractivity contribution in [3.63, 3.8) is 0 Å². The van der Waals surface area contributed by atoms with Gasteiger partial charge in [0.05, 0.1) is 12.3 Å². The van der Waals surface area contributed by atoms with Crippen LogP contribution in [-0.4, -0.2) is 53.7 Å². The largest absolute Gasteiger partial charge is 0.480 e. The number of aliphatic carboxylic acids is 1. The molecule has 1 heterocycles. The van der Waals surface area contributed by atoms with Gasteiger partial charge in [-0.2, -0.15) is 0 Å². The highest BCUT2D eigenvalue weighted by molar-refractivity contribution is 6.01. The summed E-state index contributed by atoms with van der Waals surface area (Å²) in [5, 5.41) is 9.47. The number of carbonyl (C=O) groups excluding carboxylic acids is 2. The number of ether oxygens (including phenoxy) is 1. The van der Waals surface area contributed by atoms with Gasteiger partial charge in [-0.25, -0.2) is 4.79 Å². The SMILES string of the molecule is O=C(O)CN(CCc1ccccc1)C(=O)[C@H]1Cc2ccccc2N1C(=O)OCCCC1CCCCC1. The van der Waals surface area contributed by atoms with Crippen molar-refractivity contribution in [2.75, 3.05) is 24.6 Å². The molecule has 0 unspecified atom stereocenters. The zero-order chi connectivity index (χ0) is 25.3. The molecule has 0 radical (unpaired) electrons. The van der Waals surface area contributed by atoms with E-state index in [1.165, 1.54) is 41.9 Å². The third kappa shape index (κ3) is 6.65. The minimum Gasteiger partial charge on any atom is -0.480 e. The maximum Gasteiger partial charge on any atom is 0.415 e. The van der Waals surface area contributed by atoms with Crippen LogP contribution in [0.4, 0.5) is 10.5 Å². The Morgan fingerprint density at radius 2 is 1.69 bits per heavy atom. The van der Waals surface area contributed by atoms with Crippen LogP contribution in [0.5, 0.6) is 0 Å². The lowest BCUT2D eigenvalue weighted by Crippen LogP contribution is -2.51. The Hall–Kier alpha value is -3.35. The summed E-state index contributed by atoms with van der Waals surface area (Å²) in [6, 6.07) is 16.3. The van der Waals surface area contributed by atoms with Gasteiger partial charge < -0.3 is 14.7 Å². The molecule has 2 aromatic rings. The van der Waals surface area contributed by atoms with E-state index >= 15 is 0 Å². The molecule has 7 nitrogen and oxygen atoms in total. The molecule has 4 rings (SSSR count). The standard InChI is InChI=1S/C29H36N2O5/c32-27(33)21-30(18-17-23-12-5-2-6-13-23)28(34)26-20-24-15-7-8-16-25(24)31(26)29(35)36-19-9-14-22-10-3-1-4-11-22/h2,5-8,12-13,15-16,22,26H,1,3-4,9-11,14,17-21H2,(H,32,33)/t26-/m1/s1. The maximum absolute atomic E-state index is 13.6. The normalized spacial score (nSPS) is 17.4. The lowest BCUT2D eigenvalue weighted by Gasteiger charge is -2.29. The van der Waals surface area contributed by atoms with E-state index in [1.54, 1.807) is 0 Å². The molecule has 2 amide bonds. The summed E-state index contributed by atoms with van der Waals surface area (Å²) in [4.78, 5) is 41.2. The number of carboxylic acids is 1. The average molecular weight is 493 g/mol. The first-order valence-corrected chi connectivity index (χ1v) is 13.1. The summed E-state index contributed by atoms with van der Waals surface area (Å²) >= 11 is 0. The van der Waals surface area contributed by atoms with Crippen molar-refractivity contribution < 1.29 is 24.2 Å². The van der Waals surface area contributed by atoms with E-state index in [1.807, 2.05) is 54.6 Å². The van der Waals surface area contributed by atoms with Crippen LogP contribution in [-0.2, 0) is 27.2 Å². The monoisotopic (exact) mass is 492 g/mol. The molecule has 1 aliphatic carbocycles. The number of nitrogens with zero attached hydrogens (tertiary/aromatic N) is 2. The number of rotatable bonds is 10. The minimum atomic E-state index is -1.08. The highest BCUT2D eigenvalue weighted by Crippen LogP contribution is 2.34. The van der Waals surface area contributed by atoms with Gasteiger partial charge in [-0.1, -0.05) is 80.6 Å². The van der Waals surface area contributed by atoms with E-state index in [4.69, 9.17) is 4.74 Å². The zero-order valence-corrected chi connectivity index (χ0v) is 20.8. The fourth-order valence-electron chi connectivity index (χ4n) is 5.44.